The van der Waals surface area contributed by atoms with Gasteiger partial charge in [0.15, 0.2) is 0 Å². The summed E-state index contributed by atoms with van der Waals surface area (Å²) in [6.45, 7) is 3.32. The highest BCUT2D eigenvalue weighted by Crippen LogP contribution is 2.21. The maximum Gasteiger partial charge on any atom is 0.239 e. The first kappa shape index (κ1) is 13.4. The molecule has 1 saturated heterocycles. The molecule has 0 aromatic rings. The van der Waals surface area contributed by atoms with Gasteiger partial charge >= 0.3 is 0 Å². The van der Waals surface area contributed by atoms with Crippen molar-refractivity contribution in [1.82, 2.24) is 4.90 Å². The number of ether oxygens (including phenoxy) is 1. The number of hydrogen-bond acceptors (Lipinski definition) is 4. The van der Waals surface area contributed by atoms with Crippen LogP contribution in [0.25, 0.3) is 0 Å². The fraction of sp³-hybridized carbons (Fsp3) is 0.909. The number of aliphatic hydroxyl groups is 1. The lowest BCUT2D eigenvalue weighted by atomic mass is 9.93. The Balaban J connectivity index is 2.49. The second kappa shape index (κ2) is 5.61. The fourth-order valence-corrected chi connectivity index (χ4v) is 1.89. The van der Waals surface area contributed by atoms with Crippen molar-refractivity contribution in [2.24, 2.45) is 5.73 Å². The number of hydrogen-bond donors (Lipinski definition) is 2. The fourth-order valence-electron chi connectivity index (χ4n) is 1.89. The summed E-state index contributed by atoms with van der Waals surface area (Å²) in [4.78, 5) is 13.3. The third-order valence-electron chi connectivity index (χ3n) is 3.09. The highest BCUT2D eigenvalue weighted by Gasteiger charge is 2.33. The van der Waals surface area contributed by atoms with Gasteiger partial charge in [0, 0.05) is 39.6 Å². The average molecular weight is 230 g/mol. The number of carbonyl (C=O) groups is 1. The van der Waals surface area contributed by atoms with Crippen LogP contribution < -0.4 is 5.73 Å². The predicted molar refractivity (Wildman–Crippen MR) is 60.9 cm³/mol. The highest BCUT2D eigenvalue weighted by atomic mass is 16.5. The van der Waals surface area contributed by atoms with E-state index >= 15 is 0 Å². The van der Waals surface area contributed by atoms with Gasteiger partial charge in [0.1, 0.15) is 0 Å². The number of amides is 1. The molecule has 1 aliphatic heterocycles. The molecule has 5 nitrogen and oxygen atoms in total. The number of rotatable bonds is 4. The lowest BCUT2D eigenvalue weighted by Crippen LogP contribution is -2.50. The summed E-state index contributed by atoms with van der Waals surface area (Å²) < 4.78 is 5.19. The number of carbonyl (C=O) groups excluding carboxylic acids is 1. The van der Waals surface area contributed by atoms with E-state index in [9.17, 15) is 9.90 Å². The van der Waals surface area contributed by atoms with Crippen LogP contribution in [0.1, 0.15) is 26.2 Å². The molecule has 0 bridgehead atoms. The molecule has 0 saturated carbocycles. The Morgan fingerprint density at radius 2 is 2.12 bits per heavy atom. The van der Waals surface area contributed by atoms with Crippen molar-refractivity contribution >= 4 is 5.91 Å². The zero-order chi connectivity index (χ0) is 12.2. The molecule has 94 valence electrons. The van der Waals surface area contributed by atoms with E-state index in [1.54, 1.807) is 7.05 Å². The summed E-state index contributed by atoms with van der Waals surface area (Å²) in [7, 11) is 1.69. The first-order valence-electron chi connectivity index (χ1n) is 5.79. The minimum absolute atomic E-state index is 0.109. The van der Waals surface area contributed by atoms with Gasteiger partial charge < -0.3 is 20.5 Å². The summed E-state index contributed by atoms with van der Waals surface area (Å²) >= 11 is 0. The lowest BCUT2D eigenvalue weighted by molar-refractivity contribution is -0.138. The SMILES string of the molecule is CC[C@H](N)C(=O)N(C)CC1(O)CCOCC1. The summed E-state index contributed by atoms with van der Waals surface area (Å²) in [5.41, 5.74) is 4.86. The van der Waals surface area contributed by atoms with E-state index in [4.69, 9.17) is 10.5 Å². The Bertz CT molecular complexity index is 239. The molecule has 0 aromatic carbocycles. The Morgan fingerprint density at radius 1 is 1.56 bits per heavy atom. The summed E-state index contributed by atoms with van der Waals surface area (Å²) in [5, 5.41) is 10.2. The first-order valence-corrected chi connectivity index (χ1v) is 5.79. The van der Waals surface area contributed by atoms with Gasteiger partial charge in [0.25, 0.3) is 0 Å². The molecule has 1 atom stereocenters. The maximum absolute atomic E-state index is 11.7. The molecular formula is C11H22N2O3. The topological polar surface area (TPSA) is 75.8 Å². The van der Waals surface area contributed by atoms with Gasteiger partial charge in [-0.15, -0.1) is 0 Å². The van der Waals surface area contributed by atoms with Crippen LogP contribution in [0.5, 0.6) is 0 Å². The molecule has 1 rings (SSSR count). The Labute approximate surface area is 96.6 Å². The van der Waals surface area contributed by atoms with Gasteiger partial charge in [-0.3, -0.25) is 4.79 Å². The largest absolute Gasteiger partial charge is 0.388 e. The molecule has 3 N–H and O–H groups in total. The minimum atomic E-state index is -0.809. The molecule has 5 heteroatoms. The van der Waals surface area contributed by atoms with Gasteiger partial charge in [-0.25, -0.2) is 0 Å². The average Bonchev–Trinajstić information content (AvgIpc) is 2.27. The second-order valence-electron chi connectivity index (χ2n) is 4.55. The van der Waals surface area contributed by atoms with Crippen molar-refractivity contribution in [2.75, 3.05) is 26.8 Å². The smallest absolute Gasteiger partial charge is 0.239 e. The number of nitrogens with zero attached hydrogens (tertiary/aromatic N) is 1. The van der Waals surface area contributed by atoms with Crippen LogP contribution in [0, 0.1) is 0 Å². The van der Waals surface area contributed by atoms with Crippen molar-refractivity contribution in [2.45, 2.75) is 37.8 Å². The maximum atomic E-state index is 11.7. The highest BCUT2D eigenvalue weighted by molar-refractivity contribution is 5.81. The van der Waals surface area contributed by atoms with E-state index in [0.29, 0.717) is 39.0 Å². The molecule has 0 unspecified atom stereocenters. The monoisotopic (exact) mass is 230 g/mol. The molecule has 1 fully saturated rings. The van der Waals surface area contributed by atoms with Gasteiger partial charge in [-0.1, -0.05) is 6.92 Å². The molecule has 1 amide bonds. The van der Waals surface area contributed by atoms with Crippen molar-refractivity contribution in [3.05, 3.63) is 0 Å². The zero-order valence-electron chi connectivity index (χ0n) is 10.1. The number of nitrogens with two attached hydrogens (primary N) is 1. The Morgan fingerprint density at radius 3 is 2.62 bits per heavy atom. The Hall–Kier alpha value is -0.650. The third-order valence-corrected chi connectivity index (χ3v) is 3.09. The van der Waals surface area contributed by atoms with Gasteiger partial charge in [-0.05, 0) is 6.42 Å². The molecule has 0 aromatic heterocycles. The summed E-state index contributed by atoms with van der Waals surface area (Å²) in [5.74, 6) is -0.109. The van der Waals surface area contributed by atoms with Crippen molar-refractivity contribution in [3.8, 4) is 0 Å². The minimum Gasteiger partial charge on any atom is -0.388 e. The molecular weight excluding hydrogens is 208 g/mol. The molecule has 16 heavy (non-hydrogen) atoms. The predicted octanol–water partition coefficient (Wildman–Crippen LogP) is -0.276. The van der Waals surface area contributed by atoms with Crippen LogP contribution in [-0.4, -0.2) is 54.4 Å². The lowest BCUT2D eigenvalue weighted by Gasteiger charge is -2.36. The van der Waals surface area contributed by atoms with Gasteiger partial charge in [-0.2, -0.15) is 0 Å². The zero-order valence-corrected chi connectivity index (χ0v) is 10.1. The van der Waals surface area contributed by atoms with Crippen molar-refractivity contribution in [1.29, 1.82) is 0 Å². The molecule has 1 aliphatic rings. The Kier molecular flexibility index (Phi) is 4.70. The normalized spacial score (nSPS) is 21.5. The molecule has 1 heterocycles. The molecule has 0 radical (unpaired) electrons. The third kappa shape index (κ3) is 3.43. The van der Waals surface area contributed by atoms with Crippen molar-refractivity contribution in [3.63, 3.8) is 0 Å². The van der Waals surface area contributed by atoms with Crippen LogP contribution in [-0.2, 0) is 9.53 Å². The van der Waals surface area contributed by atoms with Crippen LogP contribution >= 0.6 is 0 Å². The molecule has 0 aliphatic carbocycles. The van der Waals surface area contributed by atoms with Crippen LogP contribution in [0.2, 0.25) is 0 Å². The summed E-state index contributed by atoms with van der Waals surface area (Å²) in [6.07, 6.45) is 1.77. The van der Waals surface area contributed by atoms with E-state index in [0.717, 1.165) is 0 Å². The van der Waals surface area contributed by atoms with E-state index in [1.807, 2.05) is 6.92 Å². The first-order chi connectivity index (χ1) is 7.48. The van der Waals surface area contributed by atoms with Crippen LogP contribution in [0.3, 0.4) is 0 Å². The van der Waals surface area contributed by atoms with E-state index in [1.165, 1.54) is 4.90 Å². The van der Waals surface area contributed by atoms with Crippen molar-refractivity contribution < 1.29 is 14.6 Å². The van der Waals surface area contributed by atoms with E-state index in [2.05, 4.69) is 0 Å². The van der Waals surface area contributed by atoms with Crippen LogP contribution in [0.4, 0.5) is 0 Å². The van der Waals surface area contributed by atoms with Crippen LogP contribution in [0.15, 0.2) is 0 Å². The molecule has 0 spiro atoms. The van der Waals surface area contributed by atoms with Gasteiger partial charge in [0.05, 0.1) is 11.6 Å². The van der Waals surface area contributed by atoms with E-state index < -0.39 is 11.6 Å². The van der Waals surface area contributed by atoms with Gasteiger partial charge in [0.2, 0.25) is 5.91 Å². The second-order valence-corrected chi connectivity index (χ2v) is 4.55. The standard InChI is InChI=1S/C11H22N2O3/c1-3-9(12)10(14)13(2)8-11(15)4-6-16-7-5-11/h9,15H,3-8,12H2,1-2H3/t9-/m0/s1. The summed E-state index contributed by atoms with van der Waals surface area (Å²) in [6, 6.07) is -0.464. The number of likely N-dealkylation sites (N-methyl/N-ethyl adjacent to an activating group) is 1. The quantitative estimate of drug-likeness (QED) is 0.696. The van der Waals surface area contributed by atoms with E-state index in [-0.39, 0.29) is 5.91 Å².